The van der Waals surface area contributed by atoms with Crippen LogP contribution in [0.25, 0.3) is 10.4 Å². The van der Waals surface area contributed by atoms with Gasteiger partial charge in [0.1, 0.15) is 43.1 Å². The van der Waals surface area contributed by atoms with Gasteiger partial charge in [-0.3, -0.25) is 24.0 Å². The lowest BCUT2D eigenvalue weighted by Crippen LogP contribution is -2.69. The molecule has 17 nitrogen and oxygen atoms in total. The number of nitrogens with one attached hydrogen (secondary N) is 1. The summed E-state index contributed by atoms with van der Waals surface area (Å²) in [6.07, 6.45) is -17.7. The molecule has 0 aromatic heterocycles. The van der Waals surface area contributed by atoms with E-state index in [1.165, 1.54) is 0 Å². The molecule has 42 heavy (non-hydrogen) atoms. The quantitative estimate of drug-likeness (QED) is 0.119. The highest BCUT2D eigenvalue weighted by Gasteiger charge is 2.58. The minimum absolute atomic E-state index is 0.211. The monoisotopic (exact) mass is 612 g/mol. The van der Waals surface area contributed by atoms with E-state index >= 15 is 0 Å². The predicted molar refractivity (Wildman–Crippen MR) is 122 cm³/mol. The molecule has 20 heteroatoms. The predicted octanol–water partition coefficient (Wildman–Crippen LogP) is -0.0642. The average Bonchev–Trinajstić information content (AvgIpc) is 3.30. The number of fused-ring (bicyclic) bond motifs is 2. The van der Waals surface area contributed by atoms with E-state index in [1.54, 1.807) is 5.32 Å². The molecule has 234 valence electrons. The number of alkyl halides is 3. The van der Waals surface area contributed by atoms with Crippen LogP contribution in [0.4, 0.5) is 13.2 Å². The van der Waals surface area contributed by atoms with Crippen LogP contribution in [0, 0.1) is 0 Å². The Balaban J connectivity index is 2.09. The number of esters is 4. The van der Waals surface area contributed by atoms with Gasteiger partial charge < -0.3 is 43.2 Å². The highest BCUT2D eigenvalue weighted by molar-refractivity contribution is 5.82. The van der Waals surface area contributed by atoms with Gasteiger partial charge in [-0.05, 0) is 5.53 Å². The lowest BCUT2D eigenvalue weighted by Gasteiger charge is -2.47. The maximum absolute atomic E-state index is 13.4. The van der Waals surface area contributed by atoms with Crippen molar-refractivity contribution in [3.8, 4) is 0 Å². The molecule has 2 bridgehead atoms. The molecule has 10 atom stereocenters. The van der Waals surface area contributed by atoms with Crippen molar-refractivity contribution in [2.24, 2.45) is 5.11 Å². The van der Waals surface area contributed by atoms with Gasteiger partial charge in [0.25, 0.3) is 0 Å². The maximum atomic E-state index is 13.4. The number of nitrogens with zero attached hydrogens (tertiary/aromatic N) is 3. The van der Waals surface area contributed by atoms with Gasteiger partial charge in [-0.1, -0.05) is 5.11 Å². The number of hydrogen-bond donors (Lipinski definition) is 1. The van der Waals surface area contributed by atoms with Gasteiger partial charge in [0, 0.05) is 32.6 Å². The normalized spacial score (nSPS) is 33.9. The number of azide groups is 1. The summed E-state index contributed by atoms with van der Waals surface area (Å²) < 4.78 is 83.4. The van der Waals surface area contributed by atoms with Crippen LogP contribution in [0.1, 0.15) is 27.7 Å². The molecule has 3 fully saturated rings. The van der Waals surface area contributed by atoms with Crippen LogP contribution in [-0.2, 0) is 61.9 Å². The Labute approximate surface area is 234 Å². The second kappa shape index (κ2) is 13.5. The SMILES string of the molecule is CC(=O)OCC1O[C@@H](O[C@H]2C3CO[C@@H](O3)C(N=[N+]=[N-])[C@@H]2OC(C)=O)C(NC(=O)C(F)(F)F)[C@@H](OC(C)=O)[C@H]1OC(C)=O. The van der Waals surface area contributed by atoms with E-state index in [-0.39, 0.29) is 6.61 Å². The van der Waals surface area contributed by atoms with Crippen molar-refractivity contribution in [3.05, 3.63) is 10.4 Å². The highest BCUT2D eigenvalue weighted by Crippen LogP contribution is 2.37. The molecule has 0 saturated carbocycles. The summed E-state index contributed by atoms with van der Waals surface area (Å²) >= 11 is 0. The lowest BCUT2D eigenvalue weighted by atomic mass is 9.94. The summed E-state index contributed by atoms with van der Waals surface area (Å²) in [5.41, 5.74) is 9.04. The van der Waals surface area contributed by atoms with E-state index in [0.29, 0.717) is 0 Å². The molecular weight excluding hydrogens is 585 g/mol. The number of halogens is 3. The van der Waals surface area contributed by atoms with Crippen molar-refractivity contribution in [1.29, 1.82) is 0 Å². The Morgan fingerprint density at radius 3 is 2.05 bits per heavy atom. The minimum Gasteiger partial charge on any atom is -0.463 e. The van der Waals surface area contributed by atoms with Crippen molar-refractivity contribution in [1.82, 2.24) is 5.32 Å². The standard InChI is InChI=1S/C22H27F3N4O13/c1-7(30)35-5-11-15(37-8(2)31)17(38-9(3)32)13(27-21(34)22(23,24)25)20(41-11)42-16-12-6-36-19(40-12)14(28-29-26)18(16)39-10(4)33/h11-20H,5-6H2,1-4H3,(H,27,34)/t11?,12?,13?,14?,15-,16-,17+,18-,19-,20-/m0/s1. The van der Waals surface area contributed by atoms with Crippen LogP contribution >= 0.6 is 0 Å². The van der Waals surface area contributed by atoms with Gasteiger partial charge in [-0.2, -0.15) is 13.2 Å². The summed E-state index contributed by atoms with van der Waals surface area (Å²) in [4.78, 5) is 62.1. The third kappa shape index (κ3) is 7.97. The number of rotatable bonds is 9. The zero-order valence-electron chi connectivity index (χ0n) is 22.5. The van der Waals surface area contributed by atoms with Crippen LogP contribution in [-0.4, -0.2) is 110 Å². The van der Waals surface area contributed by atoms with Gasteiger partial charge in [0.15, 0.2) is 24.8 Å². The van der Waals surface area contributed by atoms with Crippen molar-refractivity contribution in [2.45, 2.75) is 95.2 Å². The fourth-order valence-corrected chi connectivity index (χ4v) is 4.59. The van der Waals surface area contributed by atoms with Gasteiger partial charge in [0.05, 0.1) is 6.61 Å². The number of carbonyl (C=O) groups excluding carboxylic acids is 5. The molecule has 0 aliphatic carbocycles. The Hall–Kier alpha value is -3.71. The molecule has 4 unspecified atom stereocenters. The third-order valence-corrected chi connectivity index (χ3v) is 6.07. The van der Waals surface area contributed by atoms with Gasteiger partial charge in [0.2, 0.25) is 0 Å². The first-order valence-corrected chi connectivity index (χ1v) is 12.3. The van der Waals surface area contributed by atoms with Crippen molar-refractivity contribution < 1.29 is 75.0 Å². The van der Waals surface area contributed by atoms with Crippen LogP contribution in [0.2, 0.25) is 0 Å². The van der Waals surface area contributed by atoms with Crippen molar-refractivity contribution in [2.75, 3.05) is 13.2 Å². The average molecular weight is 612 g/mol. The molecule has 3 aliphatic heterocycles. The van der Waals surface area contributed by atoms with Crippen LogP contribution in [0.3, 0.4) is 0 Å². The van der Waals surface area contributed by atoms with Crippen LogP contribution < -0.4 is 5.32 Å². The number of amides is 1. The summed E-state index contributed by atoms with van der Waals surface area (Å²) in [6, 6.07) is -3.36. The lowest BCUT2D eigenvalue weighted by molar-refractivity contribution is -0.312. The summed E-state index contributed by atoms with van der Waals surface area (Å²) in [5, 5.41) is 5.16. The number of hydrogen-bond acceptors (Lipinski definition) is 14. The second-order valence-electron chi connectivity index (χ2n) is 9.24. The molecule has 3 aliphatic rings. The topological polar surface area (TPSA) is 220 Å². The van der Waals surface area contributed by atoms with Gasteiger partial charge >= 0.3 is 36.0 Å². The van der Waals surface area contributed by atoms with Crippen LogP contribution in [0.15, 0.2) is 5.11 Å². The Morgan fingerprint density at radius 2 is 1.50 bits per heavy atom. The first-order valence-electron chi connectivity index (χ1n) is 12.3. The molecule has 1 N–H and O–H groups in total. The highest BCUT2D eigenvalue weighted by atomic mass is 19.4. The van der Waals surface area contributed by atoms with E-state index in [9.17, 15) is 37.1 Å². The fourth-order valence-electron chi connectivity index (χ4n) is 4.59. The van der Waals surface area contributed by atoms with Gasteiger partial charge in [-0.15, -0.1) is 0 Å². The Bertz CT molecular complexity index is 1120. The Morgan fingerprint density at radius 1 is 0.905 bits per heavy atom. The van der Waals surface area contributed by atoms with Crippen molar-refractivity contribution >= 4 is 29.8 Å². The molecule has 0 radical (unpaired) electrons. The smallest absolute Gasteiger partial charge is 0.463 e. The first kappa shape index (κ1) is 32.8. The summed E-state index contributed by atoms with van der Waals surface area (Å²) in [5.74, 6) is -6.24. The molecule has 0 aromatic rings. The molecular formula is C22H27F3N4O13. The van der Waals surface area contributed by atoms with E-state index in [1.807, 2.05) is 0 Å². The summed E-state index contributed by atoms with van der Waals surface area (Å²) in [6.45, 7) is 3.01. The van der Waals surface area contributed by atoms with Crippen LogP contribution in [0.5, 0.6) is 0 Å². The largest absolute Gasteiger partial charge is 0.471 e. The first-order chi connectivity index (χ1) is 19.6. The zero-order valence-corrected chi connectivity index (χ0v) is 22.5. The summed E-state index contributed by atoms with van der Waals surface area (Å²) in [7, 11) is 0. The molecule has 1 amide bonds. The van der Waals surface area contributed by atoms with Gasteiger partial charge in [-0.25, -0.2) is 0 Å². The van der Waals surface area contributed by atoms with E-state index in [0.717, 1.165) is 27.7 Å². The third-order valence-electron chi connectivity index (χ3n) is 6.07. The number of carbonyl (C=O) groups is 5. The van der Waals surface area contributed by atoms with E-state index in [2.05, 4.69) is 10.0 Å². The zero-order chi connectivity index (χ0) is 31.4. The second-order valence-corrected chi connectivity index (χ2v) is 9.24. The maximum Gasteiger partial charge on any atom is 0.471 e. The van der Waals surface area contributed by atoms with E-state index < -0.39 is 104 Å². The number of ether oxygens (including phenoxy) is 8. The fraction of sp³-hybridized carbons (Fsp3) is 0.773. The van der Waals surface area contributed by atoms with Crippen molar-refractivity contribution in [3.63, 3.8) is 0 Å². The van der Waals surface area contributed by atoms with E-state index in [4.69, 9.17) is 43.4 Å². The Kier molecular flexibility index (Phi) is 10.6. The molecule has 0 aromatic carbocycles. The molecule has 3 heterocycles. The molecule has 3 saturated heterocycles. The molecule has 3 rings (SSSR count). The molecule has 0 spiro atoms. The minimum atomic E-state index is -5.44.